The maximum Gasteiger partial charge on any atom is 0.308 e. The molecule has 1 amide bonds. The number of nitrogens with zero attached hydrogens (tertiary/aromatic N) is 2. The highest BCUT2D eigenvalue weighted by Gasteiger charge is 2.75. The first kappa shape index (κ1) is 27.1. The van der Waals surface area contributed by atoms with Gasteiger partial charge in [0.1, 0.15) is 11.7 Å². The molecular weight excluding hydrogens is 520 g/mol. The van der Waals surface area contributed by atoms with Gasteiger partial charge in [0.05, 0.1) is 17.5 Å². The molecule has 2 heterocycles. The van der Waals surface area contributed by atoms with Gasteiger partial charge >= 0.3 is 11.9 Å². The molecule has 41 heavy (non-hydrogen) atoms. The molecule has 2 fully saturated rings. The predicted octanol–water partition coefficient (Wildman–Crippen LogP) is 3.40. The quantitative estimate of drug-likeness (QED) is 0.242. The largest absolute Gasteiger partial charge is 0.483 e. The highest BCUT2D eigenvalue weighted by molar-refractivity contribution is 5.94. The van der Waals surface area contributed by atoms with E-state index in [2.05, 4.69) is 23.3 Å². The van der Waals surface area contributed by atoms with Crippen molar-refractivity contribution < 1.29 is 28.6 Å². The molecule has 2 aromatic rings. The Bertz CT molecular complexity index is 1490. The minimum atomic E-state index is -0.881. The lowest BCUT2D eigenvalue weighted by Crippen LogP contribution is -2.79. The average Bonchev–Trinajstić information content (AvgIpc) is 3.29. The van der Waals surface area contributed by atoms with Crippen LogP contribution in [0.25, 0.3) is 0 Å². The molecule has 0 aromatic heterocycles. The maximum atomic E-state index is 13.4. The highest BCUT2D eigenvalue weighted by Crippen LogP contribution is 2.67. The van der Waals surface area contributed by atoms with E-state index in [9.17, 15) is 14.4 Å². The Balaban J connectivity index is 1.48. The van der Waals surface area contributed by atoms with Gasteiger partial charge < -0.3 is 19.1 Å². The number of benzene rings is 2. The molecule has 2 bridgehead atoms. The van der Waals surface area contributed by atoms with E-state index in [0.717, 1.165) is 23.2 Å². The lowest BCUT2D eigenvalue weighted by Gasteiger charge is -2.65. The monoisotopic (exact) mass is 554 g/mol. The van der Waals surface area contributed by atoms with Crippen LogP contribution in [0.4, 0.5) is 0 Å². The van der Waals surface area contributed by atoms with Crippen molar-refractivity contribution in [3.05, 3.63) is 71.8 Å². The molecule has 5 atom stereocenters. The van der Waals surface area contributed by atoms with Gasteiger partial charge in [0.15, 0.2) is 11.5 Å². The molecule has 212 valence electrons. The fourth-order valence-electron chi connectivity index (χ4n) is 7.93. The van der Waals surface area contributed by atoms with Gasteiger partial charge in [-0.25, -0.2) is 0 Å². The number of ether oxygens (including phenoxy) is 3. The number of amides is 1. The van der Waals surface area contributed by atoms with E-state index in [4.69, 9.17) is 14.2 Å². The van der Waals surface area contributed by atoms with Crippen LogP contribution in [-0.4, -0.2) is 71.6 Å². The van der Waals surface area contributed by atoms with Gasteiger partial charge in [-0.15, -0.1) is 6.58 Å². The third-order valence-electron chi connectivity index (χ3n) is 9.33. The Morgan fingerprint density at radius 1 is 1.15 bits per heavy atom. The van der Waals surface area contributed by atoms with Gasteiger partial charge in [-0.1, -0.05) is 36.3 Å². The Hall–Kier alpha value is -4.09. The second-order valence-electron chi connectivity index (χ2n) is 11.4. The third-order valence-corrected chi connectivity index (χ3v) is 9.33. The zero-order chi connectivity index (χ0) is 28.9. The number of rotatable bonds is 5. The van der Waals surface area contributed by atoms with Gasteiger partial charge in [0.2, 0.25) is 0 Å². The Morgan fingerprint density at radius 3 is 2.63 bits per heavy atom. The van der Waals surface area contributed by atoms with Crippen molar-refractivity contribution >= 4 is 17.8 Å². The summed E-state index contributed by atoms with van der Waals surface area (Å²) in [7, 11) is 1.76. The molecule has 6 rings (SSSR count). The van der Waals surface area contributed by atoms with E-state index in [1.54, 1.807) is 18.0 Å². The van der Waals surface area contributed by atoms with E-state index in [1.807, 2.05) is 42.5 Å². The van der Waals surface area contributed by atoms with Gasteiger partial charge in [-0.2, -0.15) is 0 Å². The average molecular weight is 555 g/mol. The molecule has 8 nitrogen and oxygen atoms in total. The van der Waals surface area contributed by atoms with Crippen LogP contribution in [0.5, 0.6) is 11.5 Å². The molecular formula is C33H34N2O6. The van der Waals surface area contributed by atoms with Crippen LogP contribution < -0.4 is 9.47 Å². The van der Waals surface area contributed by atoms with E-state index in [-0.39, 0.29) is 24.0 Å². The summed E-state index contributed by atoms with van der Waals surface area (Å²) in [6, 6.07) is 12.7. The molecule has 2 aliphatic carbocycles. The molecule has 0 radical (unpaired) electrons. The zero-order valence-electron chi connectivity index (χ0n) is 23.6. The topological polar surface area (TPSA) is 85.4 Å². The van der Waals surface area contributed by atoms with Gasteiger partial charge in [-0.3, -0.25) is 19.3 Å². The highest BCUT2D eigenvalue weighted by atomic mass is 16.6. The van der Waals surface area contributed by atoms with Crippen LogP contribution >= 0.6 is 0 Å². The van der Waals surface area contributed by atoms with E-state index in [1.165, 1.54) is 13.8 Å². The van der Waals surface area contributed by atoms with Crippen molar-refractivity contribution in [3.63, 3.8) is 0 Å². The molecule has 1 spiro atoms. The predicted molar refractivity (Wildman–Crippen MR) is 151 cm³/mol. The molecule has 4 aliphatic rings. The zero-order valence-corrected chi connectivity index (χ0v) is 23.6. The number of likely N-dealkylation sites (N-methyl/N-ethyl adjacent to an activating group) is 1. The van der Waals surface area contributed by atoms with Crippen molar-refractivity contribution in [1.82, 2.24) is 9.80 Å². The van der Waals surface area contributed by atoms with Crippen molar-refractivity contribution in [2.45, 2.75) is 68.7 Å². The summed E-state index contributed by atoms with van der Waals surface area (Å²) in [5.41, 5.74) is 1.17. The maximum absolute atomic E-state index is 13.4. The van der Waals surface area contributed by atoms with Gasteiger partial charge in [0.25, 0.3) is 5.91 Å². The first-order valence-electron chi connectivity index (χ1n) is 14.1. The van der Waals surface area contributed by atoms with Crippen molar-refractivity contribution in [2.24, 2.45) is 0 Å². The summed E-state index contributed by atoms with van der Waals surface area (Å²) in [5.74, 6) is 5.52. The van der Waals surface area contributed by atoms with Crippen molar-refractivity contribution in [1.29, 1.82) is 0 Å². The van der Waals surface area contributed by atoms with E-state index >= 15 is 0 Å². The summed E-state index contributed by atoms with van der Waals surface area (Å²) < 4.78 is 18.9. The van der Waals surface area contributed by atoms with Crippen LogP contribution in [0.3, 0.4) is 0 Å². The number of piperidine rings is 1. The summed E-state index contributed by atoms with van der Waals surface area (Å²) in [5, 5.41) is 0. The molecule has 1 saturated heterocycles. The normalized spacial score (nSPS) is 28.7. The van der Waals surface area contributed by atoms with Crippen LogP contribution in [0.1, 0.15) is 49.8 Å². The summed E-state index contributed by atoms with van der Waals surface area (Å²) in [4.78, 5) is 42.3. The fraction of sp³-hybridized carbons (Fsp3) is 0.424. The standard InChI is InChI=1S/C33H34N2O6/c1-5-18-35-19-17-32-29-24-12-13-26(39-21(2)36)30(29)40-31(32)25(15-16-33(32,27(35)20-24)41-22(3)37)34(4)28(38)14-11-23-9-7-6-8-10-23/h5-10,12-13,25,27,31H,1,15-20H2,2-4H3/t25-,27+,31-,32-,33+/m0/s1. The second kappa shape index (κ2) is 10.1. The Morgan fingerprint density at radius 2 is 1.93 bits per heavy atom. The van der Waals surface area contributed by atoms with E-state index < -0.39 is 23.1 Å². The fourth-order valence-corrected chi connectivity index (χ4v) is 7.93. The number of esters is 2. The summed E-state index contributed by atoms with van der Waals surface area (Å²) in [6.07, 6.45) is 3.77. The molecule has 8 heteroatoms. The Labute approximate surface area is 240 Å². The molecule has 2 aromatic carbocycles. The third kappa shape index (κ3) is 4.06. The lowest BCUT2D eigenvalue weighted by molar-refractivity contribution is -0.222. The SMILES string of the molecule is C=CCN1CC[C@]23c4c5ccc(OC(C)=O)c4O[C@H]2[C@@H](N(C)C(=O)C#Cc2ccccc2)CC[C@@]3(OC(C)=O)[C@H]1C5. The number of likely N-dealkylation sites (tertiary alicyclic amines) is 1. The molecule has 2 aliphatic heterocycles. The van der Waals surface area contributed by atoms with E-state index in [0.29, 0.717) is 43.7 Å². The number of carbonyl (C=O) groups is 3. The van der Waals surface area contributed by atoms with Gasteiger partial charge in [-0.05, 0) is 49.4 Å². The Kier molecular flexibility index (Phi) is 6.66. The molecule has 0 N–H and O–H groups in total. The number of carbonyl (C=O) groups excluding carboxylic acids is 3. The van der Waals surface area contributed by atoms with Crippen LogP contribution in [0.15, 0.2) is 55.1 Å². The number of hydrogen-bond acceptors (Lipinski definition) is 7. The molecule has 0 unspecified atom stereocenters. The van der Waals surface area contributed by atoms with Crippen molar-refractivity contribution in [2.75, 3.05) is 20.1 Å². The first-order chi connectivity index (χ1) is 19.7. The minimum Gasteiger partial charge on any atom is -0.483 e. The minimum absolute atomic E-state index is 0.0953. The first-order valence-corrected chi connectivity index (χ1v) is 14.1. The van der Waals surface area contributed by atoms with Crippen molar-refractivity contribution in [3.8, 4) is 23.3 Å². The number of hydrogen-bond donors (Lipinski definition) is 0. The lowest BCUT2D eigenvalue weighted by atomic mass is 9.48. The van der Waals surface area contributed by atoms with Gasteiger partial charge in [0, 0.05) is 51.0 Å². The molecule has 1 saturated carbocycles. The summed E-state index contributed by atoms with van der Waals surface area (Å²) >= 11 is 0. The second-order valence-corrected chi connectivity index (χ2v) is 11.4. The van der Waals surface area contributed by atoms with Crippen LogP contribution in [0, 0.1) is 11.8 Å². The summed E-state index contributed by atoms with van der Waals surface area (Å²) in [6.45, 7) is 8.20. The van der Waals surface area contributed by atoms with Crippen LogP contribution in [0.2, 0.25) is 0 Å². The van der Waals surface area contributed by atoms with Crippen LogP contribution in [-0.2, 0) is 31.0 Å². The smallest absolute Gasteiger partial charge is 0.308 e.